The first kappa shape index (κ1) is 17.7. The summed E-state index contributed by atoms with van der Waals surface area (Å²) in [4.78, 5) is 35.1. The number of nitrogens with zero attached hydrogens (tertiary/aromatic N) is 3. The van der Waals surface area contributed by atoms with Crippen LogP contribution in [-0.2, 0) is 19.4 Å². The predicted molar refractivity (Wildman–Crippen MR) is 89.5 cm³/mol. The molecule has 1 aliphatic carbocycles. The molecule has 0 bridgehead atoms. The summed E-state index contributed by atoms with van der Waals surface area (Å²) < 4.78 is 26.8. The van der Waals surface area contributed by atoms with Crippen LogP contribution in [0.25, 0.3) is 0 Å². The topological polar surface area (TPSA) is 118 Å². The van der Waals surface area contributed by atoms with Gasteiger partial charge in [0.05, 0.1) is 4.90 Å². The molecule has 0 spiro atoms. The molecule has 1 heterocycles. The number of hydrogen-bond donors (Lipinski definition) is 0. The number of nitro groups is 1. The zero-order valence-electron chi connectivity index (χ0n) is 13.8. The van der Waals surface area contributed by atoms with Crippen molar-refractivity contribution in [3.8, 4) is 0 Å². The first-order valence-electron chi connectivity index (χ1n) is 7.46. The maximum atomic E-state index is 12.9. The van der Waals surface area contributed by atoms with E-state index < -0.39 is 37.5 Å². The molecule has 2 aliphatic rings. The second-order valence-corrected chi connectivity index (χ2v) is 7.71. The van der Waals surface area contributed by atoms with Gasteiger partial charge in [0.15, 0.2) is 0 Å². The van der Waals surface area contributed by atoms with E-state index in [1.807, 2.05) is 0 Å². The van der Waals surface area contributed by atoms with Gasteiger partial charge in [-0.1, -0.05) is 18.2 Å². The summed E-state index contributed by atoms with van der Waals surface area (Å²) in [6, 6.07) is 5.64. The summed E-state index contributed by atoms with van der Waals surface area (Å²) >= 11 is 0. The van der Waals surface area contributed by atoms with Crippen molar-refractivity contribution in [2.75, 3.05) is 14.1 Å². The Morgan fingerprint density at radius 1 is 1.19 bits per heavy atom. The van der Waals surface area contributed by atoms with Crippen molar-refractivity contribution in [1.29, 1.82) is 0 Å². The van der Waals surface area contributed by atoms with Crippen LogP contribution in [0.4, 0.5) is 0 Å². The fraction of sp³-hybridized carbons (Fsp3) is 0.188. The van der Waals surface area contributed by atoms with Crippen molar-refractivity contribution in [1.82, 2.24) is 4.90 Å². The summed E-state index contributed by atoms with van der Waals surface area (Å²) in [5, 5.41) is 11.5. The molecule has 1 unspecified atom stereocenters. The molecule has 9 nitrogen and oxygen atoms in total. The molecular formula is C16H14N3O6S+. The first-order chi connectivity index (χ1) is 12.2. The second kappa shape index (κ2) is 5.99. The molecule has 0 saturated heterocycles. The van der Waals surface area contributed by atoms with Gasteiger partial charge in [0.1, 0.15) is 17.6 Å². The van der Waals surface area contributed by atoms with Gasteiger partial charge in [0.2, 0.25) is 15.5 Å². The monoisotopic (exact) mass is 376 g/mol. The Morgan fingerprint density at radius 3 is 2.38 bits per heavy atom. The Kier molecular flexibility index (Phi) is 4.07. The lowest BCUT2D eigenvalue weighted by atomic mass is 10.0. The van der Waals surface area contributed by atoms with Crippen LogP contribution in [0.2, 0.25) is 0 Å². The Morgan fingerprint density at radius 2 is 1.81 bits per heavy atom. The molecule has 0 radical (unpaired) electrons. The van der Waals surface area contributed by atoms with Crippen LogP contribution in [0.15, 0.2) is 58.0 Å². The number of allylic oxidation sites excluding steroid dienone is 1. The zero-order chi connectivity index (χ0) is 19.2. The standard InChI is InChI=1S/C16H14N3O6S/c1-17-11-8-13(19(22)23)14(9-12(11)18(2)16(21)15(17)20)26(24,25)10-6-4-3-5-7-10/h3-9,13H,1-2H3/q+1. The smallest absolute Gasteiger partial charge is 0.297 e. The molecule has 0 N–H and O–H groups in total. The van der Waals surface area contributed by atoms with E-state index in [9.17, 15) is 28.1 Å². The van der Waals surface area contributed by atoms with Crippen LogP contribution in [0.5, 0.6) is 0 Å². The number of amides is 2. The van der Waals surface area contributed by atoms with Crippen molar-refractivity contribution in [2.45, 2.75) is 10.9 Å². The van der Waals surface area contributed by atoms with E-state index in [-0.39, 0.29) is 16.3 Å². The van der Waals surface area contributed by atoms with E-state index >= 15 is 0 Å². The Hall–Kier alpha value is -3.14. The van der Waals surface area contributed by atoms with Gasteiger partial charge >= 0.3 is 11.8 Å². The third-order valence-electron chi connectivity index (χ3n) is 4.25. The molecule has 10 heteroatoms. The minimum Gasteiger partial charge on any atom is -0.297 e. The van der Waals surface area contributed by atoms with E-state index in [0.717, 1.165) is 21.6 Å². The van der Waals surface area contributed by atoms with E-state index in [1.54, 1.807) is 6.07 Å². The Labute approximate surface area is 148 Å². The minimum atomic E-state index is -4.17. The number of rotatable bonds is 3. The molecule has 1 atom stereocenters. The molecule has 1 aliphatic heterocycles. The van der Waals surface area contributed by atoms with Crippen molar-refractivity contribution in [3.63, 3.8) is 0 Å². The highest BCUT2D eigenvalue weighted by Gasteiger charge is 2.47. The molecule has 134 valence electrons. The van der Waals surface area contributed by atoms with Crippen molar-refractivity contribution in [3.05, 3.63) is 63.2 Å². The van der Waals surface area contributed by atoms with Gasteiger partial charge in [-0.2, -0.15) is 4.58 Å². The van der Waals surface area contributed by atoms with Gasteiger partial charge in [-0.15, -0.1) is 0 Å². The number of fused-ring (bicyclic) bond motifs is 1. The van der Waals surface area contributed by atoms with E-state index in [1.165, 1.54) is 38.4 Å². The first-order valence-corrected chi connectivity index (χ1v) is 8.94. The highest BCUT2D eigenvalue weighted by Crippen LogP contribution is 2.30. The van der Waals surface area contributed by atoms with Gasteiger partial charge in [-0.3, -0.25) is 19.8 Å². The van der Waals surface area contributed by atoms with Crippen LogP contribution in [0.3, 0.4) is 0 Å². The third-order valence-corrected chi connectivity index (χ3v) is 6.13. The molecule has 26 heavy (non-hydrogen) atoms. The maximum Gasteiger partial charge on any atom is 0.477 e. The van der Waals surface area contributed by atoms with Gasteiger partial charge < -0.3 is 0 Å². The van der Waals surface area contributed by atoms with E-state index in [4.69, 9.17) is 0 Å². The van der Waals surface area contributed by atoms with Crippen molar-refractivity contribution in [2.24, 2.45) is 0 Å². The highest BCUT2D eigenvalue weighted by molar-refractivity contribution is 7.95. The van der Waals surface area contributed by atoms with E-state index in [2.05, 4.69) is 0 Å². The molecule has 3 rings (SSSR count). The van der Waals surface area contributed by atoms with Gasteiger partial charge in [-0.25, -0.2) is 13.2 Å². The van der Waals surface area contributed by atoms with Crippen LogP contribution < -0.4 is 0 Å². The fourth-order valence-corrected chi connectivity index (χ4v) is 4.33. The summed E-state index contributed by atoms with van der Waals surface area (Å²) in [6.07, 6.45) is 2.16. The average molecular weight is 376 g/mol. The SMILES string of the molecule is CN1C(=O)C(=O)[N+](C)=C2C=C(S(=O)(=O)c3ccccc3)C([N+](=O)[O-])C=C21. The number of sulfone groups is 1. The normalized spacial score (nSPS) is 20.5. The van der Waals surface area contributed by atoms with Crippen molar-refractivity contribution < 1.29 is 27.5 Å². The predicted octanol–water partition coefficient (Wildman–Crippen LogP) is -0.0311. The Bertz CT molecular complexity index is 1040. The van der Waals surface area contributed by atoms with Crippen LogP contribution in [0, 0.1) is 10.1 Å². The lowest BCUT2D eigenvalue weighted by Crippen LogP contribution is -2.49. The van der Waals surface area contributed by atoms with Gasteiger partial charge in [0, 0.05) is 24.1 Å². The fourth-order valence-electron chi connectivity index (χ4n) is 2.81. The Balaban J connectivity index is 2.26. The zero-order valence-corrected chi connectivity index (χ0v) is 14.6. The van der Waals surface area contributed by atoms with Crippen LogP contribution >= 0.6 is 0 Å². The molecule has 1 aromatic carbocycles. The average Bonchev–Trinajstić information content (AvgIpc) is 2.64. The lowest BCUT2D eigenvalue weighted by molar-refractivity contribution is -0.498. The summed E-state index contributed by atoms with van der Waals surface area (Å²) in [5.41, 5.74) is 0.232. The number of hydrogen-bond acceptors (Lipinski definition) is 6. The quantitative estimate of drug-likeness (QED) is 0.316. The van der Waals surface area contributed by atoms with Crippen LogP contribution in [0.1, 0.15) is 0 Å². The molecule has 1 aromatic rings. The van der Waals surface area contributed by atoms with Gasteiger partial charge in [-0.05, 0) is 12.1 Å². The summed E-state index contributed by atoms with van der Waals surface area (Å²) in [7, 11) is -1.55. The number of benzene rings is 1. The van der Waals surface area contributed by atoms with Crippen LogP contribution in [-0.4, -0.2) is 60.5 Å². The molecule has 2 amide bonds. The largest absolute Gasteiger partial charge is 0.477 e. The molecular weight excluding hydrogens is 362 g/mol. The molecule has 0 saturated carbocycles. The number of likely N-dealkylation sites (N-methyl/N-ethyl adjacent to an activating group) is 2. The second-order valence-electron chi connectivity index (χ2n) is 5.76. The minimum absolute atomic E-state index is 0.0928. The number of carbonyl (C=O) groups excluding carboxylic acids is 2. The maximum absolute atomic E-state index is 12.9. The summed E-state index contributed by atoms with van der Waals surface area (Å²) in [6.45, 7) is 0. The lowest BCUT2D eigenvalue weighted by Gasteiger charge is -2.25. The van der Waals surface area contributed by atoms with E-state index in [0.29, 0.717) is 0 Å². The highest BCUT2D eigenvalue weighted by atomic mass is 32.2. The third kappa shape index (κ3) is 2.54. The van der Waals surface area contributed by atoms with Crippen molar-refractivity contribution >= 4 is 27.4 Å². The number of carbonyl (C=O) groups is 2. The summed E-state index contributed by atoms with van der Waals surface area (Å²) in [5.74, 6) is -1.71. The molecule has 0 fully saturated rings. The van der Waals surface area contributed by atoms with Gasteiger partial charge in [0.25, 0.3) is 6.04 Å². The molecule has 0 aromatic heterocycles.